The maximum Gasteiger partial charge on any atom is 0.159 e. The van der Waals surface area contributed by atoms with Gasteiger partial charge >= 0.3 is 0 Å². The molecule has 0 aromatic carbocycles. The van der Waals surface area contributed by atoms with Crippen LogP contribution >= 0.6 is 0 Å². The lowest BCUT2D eigenvalue weighted by Gasteiger charge is -2.23. The minimum Gasteiger partial charge on any atom is -0.504 e. The van der Waals surface area contributed by atoms with Crippen molar-refractivity contribution in [2.75, 3.05) is 13.2 Å². The molecule has 1 N–H and O–H groups in total. The zero-order chi connectivity index (χ0) is 10.1. The molecule has 2 heterocycles. The molecule has 0 amide bonds. The molecule has 0 aliphatic carbocycles. The second kappa shape index (κ2) is 3.61. The molecule has 4 nitrogen and oxygen atoms in total. The Bertz CT molecular complexity index is 327. The molecule has 0 saturated carbocycles. The van der Waals surface area contributed by atoms with E-state index in [9.17, 15) is 5.11 Å². The second-order valence-electron chi connectivity index (χ2n) is 3.81. The highest BCUT2D eigenvalue weighted by Gasteiger charge is 2.20. The molecule has 2 rings (SSSR count). The summed E-state index contributed by atoms with van der Waals surface area (Å²) in [6.07, 6.45) is 1.98. The summed E-state index contributed by atoms with van der Waals surface area (Å²) in [6, 6.07) is 0.392. The quantitative estimate of drug-likeness (QED) is 0.741. The lowest BCUT2D eigenvalue weighted by molar-refractivity contribution is 0.0655. The van der Waals surface area contributed by atoms with Crippen molar-refractivity contribution in [3.8, 4) is 5.75 Å². The van der Waals surface area contributed by atoms with E-state index in [4.69, 9.17) is 4.74 Å². The fourth-order valence-corrected chi connectivity index (χ4v) is 1.94. The maximum absolute atomic E-state index is 9.64. The number of hydrogen-bond acceptors (Lipinski definition) is 3. The molecule has 1 aliphatic rings. The van der Waals surface area contributed by atoms with Gasteiger partial charge in [-0.05, 0) is 26.7 Å². The van der Waals surface area contributed by atoms with Crippen molar-refractivity contribution >= 4 is 0 Å². The van der Waals surface area contributed by atoms with Gasteiger partial charge in [-0.2, -0.15) is 5.10 Å². The van der Waals surface area contributed by atoms with Gasteiger partial charge in [0.2, 0.25) is 0 Å². The van der Waals surface area contributed by atoms with E-state index in [0.717, 1.165) is 31.7 Å². The van der Waals surface area contributed by atoms with Gasteiger partial charge in [0.1, 0.15) is 5.69 Å². The minimum absolute atomic E-state index is 0.330. The normalized spacial score (nSPS) is 18.7. The van der Waals surface area contributed by atoms with Crippen LogP contribution in [-0.2, 0) is 4.74 Å². The predicted octanol–water partition coefficient (Wildman–Crippen LogP) is 1.56. The lowest BCUT2D eigenvalue weighted by atomic mass is 10.1. The van der Waals surface area contributed by atoms with Crippen molar-refractivity contribution < 1.29 is 9.84 Å². The highest BCUT2D eigenvalue weighted by Crippen LogP contribution is 2.27. The summed E-state index contributed by atoms with van der Waals surface area (Å²) >= 11 is 0. The van der Waals surface area contributed by atoms with Gasteiger partial charge in [-0.25, -0.2) is 0 Å². The molecule has 1 aromatic rings. The maximum atomic E-state index is 9.64. The molecule has 0 bridgehead atoms. The first-order valence-electron chi connectivity index (χ1n) is 5.02. The number of aromatic hydroxyl groups is 1. The summed E-state index contributed by atoms with van der Waals surface area (Å²) < 4.78 is 7.23. The summed E-state index contributed by atoms with van der Waals surface area (Å²) in [6.45, 7) is 5.33. The Morgan fingerprint density at radius 1 is 1.36 bits per heavy atom. The average Bonchev–Trinajstić information content (AvgIpc) is 2.47. The number of aryl methyl sites for hydroxylation is 1. The van der Waals surface area contributed by atoms with Crippen molar-refractivity contribution in [2.45, 2.75) is 32.7 Å². The molecule has 4 heteroatoms. The summed E-state index contributed by atoms with van der Waals surface area (Å²) in [5.41, 5.74) is 1.59. The van der Waals surface area contributed by atoms with E-state index >= 15 is 0 Å². The van der Waals surface area contributed by atoms with Crippen LogP contribution in [0, 0.1) is 13.8 Å². The first-order chi connectivity index (χ1) is 6.70. The molecule has 1 aromatic heterocycles. The summed E-state index contributed by atoms with van der Waals surface area (Å²) in [7, 11) is 0. The van der Waals surface area contributed by atoms with E-state index < -0.39 is 0 Å². The van der Waals surface area contributed by atoms with Crippen LogP contribution < -0.4 is 0 Å². The van der Waals surface area contributed by atoms with E-state index in [0.29, 0.717) is 17.5 Å². The predicted molar refractivity (Wildman–Crippen MR) is 52.5 cm³/mol. The highest BCUT2D eigenvalue weighted by atomic mass is 16.5. The van der Waals surface area contributed by atoms with Gasteiger partial charge in [-0.3, -0.25) is 4.68 Å². The Labute approximate surface area is 83.5 Å². The van der Waals surface area contributed by atoms with Crippen LogP contribution in [-0.4, -0.2) is 28.1 Å². The molecule has 0 spiro atoms. The van der Waals surface area contributed by atoms with Crippen LogP contribution in [0.2, 0.25) is 0 Å². The third-order valence-corrected chi connectivity index (χ3v) is 2.82. The van der Waals surface area contributed by atoms with Crippen LogP contribution in [0.25, 0.3) is 0 Å². The fourth-order valence-electron chi connectivity index (χ4n) is 1.94. The minimum atomic E-state index is 0.330. The SMILES string of the molecule is Cc1nn(C2CCOCC2)c(C)c1O. The van der Waals surface area contributed by atoms with Crippen LogP contribution in [0.5, 0.6) is 5.75 Å². The third kappa shape index (κ3) is 1.50. The Morgan fingerprint density at radius 2 is 2.00 bits per heavy atom. The van der Waals surface area contributed by atoms with Crippen molar-refractivity contribution in [3.05, 3.63) is 11.4 Å². The topological polar surface area (TPSA) is 47.3 Å². The van der Waals surface area contributed by atoms with Crippen molar-refractivity contribution in [3.63, 3.8) is 0 Å². The number of ether oxygens (including phenoxy) is 1. The fraction of sp³-hybridized carbons (Fsp3) is 0.700. The molecular weight excluding hydrogens is 180 g/mol. The molecule has 1 saturated heterocycles. The third-order valence-electron chi connectivity index (χ3n) is 2.82. The van der Waals surface area contributed by atoms with E-state index in [-0.39, 0.29) is 0 Å². The van der Waals surface area contributed by atoms with Crippen LogP contribution in [0.15, 0.2) is 0 Å². The molecule has 0 radical (unpaired) electrons. The monoisotopic (exact) mass is 196 g/mol. The zero-order valence-corrected chi connectivity index (χ0v) is 8.66. The van der Waals surface area contributed by atoms with Crippen LogP contribution in [0.4, 0.5) is 0 Å². The van der Waals surface area contributed by atoms with Gasteiger partial charge < -0.3 is 9.84 Å². The van der Waals surface area contributed by atoms with E-state index in [1.165, 1.54) is 0 Å². The zero-order valence-electron chi connectivity index (χ0n) is 8.66. The number of hydrogen-bond donors (Lipinski definition) is 1. The molecule has 0 unspecified atom stereocenters. The Balaban J connectivity index is 2.26. The average molecular weight is 196 g/mol. The molecule has 1 aliphatic heterocycles. The molecular formula is C10H16N2O2. The van der Waals surface area contributed by atoms with Gasteiger partial charge in [0.15, 0.2) is 5.75 Å². The molecule has 1 fully saturated rings. The smallest absolute Gasteiger partial charge is 0.159 e. The van der Waals surface area contributed by atoms with Crippen LogP contribution in [0.3, 0.4) is 0 Å². The van der Waals surface area contributed by atoms with E-state index in [1.807, 2.05) is 18.5 Å². The van der Waals surface area contributed by atoms with Gasteiger partial charge in [-0.15, -0.1) is 0 Å². The molecule has 78 valence electrons. The van der Waals surface area contributed by atoms with Crippen molar-refractivity contribution in [2.24, 2.45) is 0 Å². The number of rotatable bonds is 1. The number of aromatic nitrogens is 2. The van der Waals surface area contributed by atoms with E-state index in [2.05, 4.69) is 5.10 Å². The van der Waals surface area contributed by atoms with Gasteiger partial charge in [0.25, 0.3) is 0 Å². The van der Waals surface area contributed by atoms with Gasteiger partial charge in [0, 0.05) is 13.2 Å². The Morgan fingerprint density at radius 3 is 2.50 bits per heavy atom. The molecule has 0 atom stereocenters. The Kier molecular flexibility index (Phi) is 2.46. The summed E-state index contributed by atoms with van der Waals surface area (Å²) in [4.78, 5) is 0. The van der Waals surface area contributed by atoms with E-state index in [1.54, 1.807) is 0 Å². The van der Waals surface area contributed by atoms with Gasteiger partial charge in [-0.1, -0.05) is 0 Å². The molecule has 14 heavy (non-hydrogen) atoms. The number of nitrogens with zero attached hydrogens (tertiary/aromatic N) is 2. The second-order valence-corrected chi connectivity index (χ2v) is 3.81. The largest absolute Gasteiger partial charge is 0.504 e. The highest BCUT2D eigenvalue weighted by molar-refractivity contribution is 5.30. The van der Waals surface area contributed by atoms with Crippen molar-refractivity contribution in [1.82, 2.24) is 9.78 Å². The standard InChI is InChI=1S/C10H16N2O2/c1-7-10(13)8(2)12(11-7)9-3-5-14-6-4-9/h9,13H,3-6H2,1-2H3. The van der Waals surface area contributed by atoms with Crippen LogP contribution in [0.1, 0.15) is 30.3 Å². The lowest BCUT2D eigenvalue weighted by Crippen LogP contribution is -2.21. The Hall–Kier alpha value is -1.03. The summed E-state index contributed by atoms with van der Waals surface area (Å²) in [5, 5.41) is 14.0. The van der Waals surface area contributed by atoms with Gasteiger partial charge in [0.05, 0.1) is 11.7 Å². The summed E-state index contributed by atoms with van der Waals surface area (Å²) in [5.74, 6) is 0.330. The first-order valence-corrected chi connectivity index (χ1v) is 5.02. The van der Waals surface area contributed by atoms with Crippen molar-refractivity contribution in [1.29, 1.82) is 0 Å². The first kappa shape index (κ1) is 9.52.